The van der Waals surface area contributed by atoms with Crippen LogP contribution in [0.5, 0.6) is 0 Å². The molecule has 0 aromatic rings. The maximum absolute atomic E-state index is 8.80. The van der Waals surface area contributed by atoms with Gasteiger partial charge in [0.1, 0.15) is 0 Å². The fourth-order valence-electron chi connectivity index (χ4n) is 1.29. The zero-order valence-electron chi connectivity index (χ0n) is 8.04. The first-order valence-corrected chi connectivity index (χ1v) is 4.45. The molecule has 0 bridgehead atoms. The molecule has 2 atom stereocenters. The summed E-state index contributed by atoms with van der Waals surface area (Å²) in [5, 5.41) is 8.80. The molecule has 0 spiro atoms. The molecule has 12 heavy (non-hydrogen) atoms. The Labute approximate surface area is 73.7 Å². The number of hydrogen-bond acceptors (Lipinski definition) is 3. The third-order valence-corrected chi connectivity index (χ3v) is 1.76. The molecule has 0 saturated carbocycles. The van der Waals surface area contributed by atoms with E-state index in [0.717, 1.165) is 12.8 Å². The van der Waals surface area contributed by atoms with Crippen molar-refractivity contribution in [2.75, 3.05) is 6.61 Å². The third-order valence-electron chi connectivity index (χ3n) is 1.76. The van der Waals surface area contributed by atoms with Gasteiger partial charge in [-0.25, -0.2) is 0 Å². The van der Waals surface area contributed by atoms with Gasteiger partial charge in [-0.2, -0.15) is 0 Å². The normalized spacial score (nSPS) is 31.0. The highest BCUT2D eigenvalue weighted by Crippen LogP contribution is 2.24. The highest BCUT2D eigenvalue weighted by atomic mass is 16.7. The second-order valence-electron chi connectivity index (χ2n) is 4.18. The van der Waals surface area contributed by atoms with Crippen LogP contribution in [-0.2, 0) is 9.47 Å². The first kappa shape index (κ1) is 9.96. The van der Waals surface area contributed by atoms with Gasteiger partial charge in [-0.15, -0.1) is 0 Å². The van der Waals surface area contributed by atoms with Gasteiger partial charge in [0.2, 0.25) is 0 Å². The van der Waals surface area contributed by atoms with Crippen molar-refractivity contribution >= 4 is 0 Å². The maximum Gasteiger partial charge on any atom is 0.158 e. The van der Waals surface area contributed by atoms with Crippen LogP contribution in [0.3, 0.4) is 0 Å². The standard InChI is InChI=1S/C9H18O3/c1-9(2,3)12-8-5-4-7(6-10)11-8/h7-8,10H,4-6H2,1-3H3. The van der Waals surface area contributed by atoms with Crippen molar-refractivity contribution in [2.24, 2.45) is 0 Å². The molecule has 3 nitrogen and oxygen atoms in total. The zero-order valence-corrected chi connectivity index (χ0v) is 8.04. The largest absolute Gasteiger partial charge is 0.394 e. The van der Waals surface area contributed by atoms with Gasteiger partial charge in [0.15, 0.2) is 6.29 Å². The minimum atomic E-state index is -0.158. The summed E-state index contributed by atoms with van der Waals surface area (Å²) in [6.07, 6.45) is 1.65. The molecule has 1 N–H and O–H groups in total. The molecule has 1 aliphatic heterocycles. The van der Waals surface area contributed by atoms with Gasteiger partial charge >= 0.3 is 0 Å². The van der Waals surface area contributed by atoms with Crippen LogP contribution in [0.4, 0.5) is 0 Å². The van der Waals surface area contributed by atoms with Gasteiger partial charge < -0.3 is 14.6 Å². The van der Waals surface area contributed by atoms with Crippen LogP contribution in [-0.4, -0.2) is 29.7 Å². The Balaban J connectivity index is 2.28. The summed E-state index contributed by atoms with van der Waals surface area (Å²) in [6.45, 7) is 6.11. The van der Waals surface area contributed by atoms with Gasteiger partial charge in [-0.3, -0.25) is 0 Å². The fourth-order valence-corrected chi connectivity index (χ4v) is 1.29. The Hall–Kier alpha value is -0.120. The molecule has 2 unspecified atom stereocenters. The second-order valence-corrected chi connectivity index (χ2v) is 4.18. The highest BCUT2D eigenvalue weighted by Gasteiger charge is 2.28. The van der Waals surface area contributed by atoms with E-state index in [-0.39, 0.29) is 24.6 Å². The predicted molar refractivity (Wildman–Crippen MR) is 45.8 cm³/mol. The zero-order chi connectivity index (χ0) is 9.19. The van der Waals surface area contributed by atoms with Crippen LogP contribution in [0, 0.1) is 0 Å². The van der Waals surface area contributed by atoms with Crippen molar-refractivity contribution in [2.45, 2.75) is 51.6 Å². The van der Waals surface area contributed by atoms with Crippen LogP contribution in [0.2, 0.25) is 0 Å². The lowest BCUT2D eigenvalue weighted by molar-refractivity contribution is -0.190. The van der Waals surface area contributed by atoms with Gasteiger partial charge in [0.05, 0.1) is 18.3 Å². The summed E-state index contributed by atoms with van der Waals surface area (Å²) in [5.74, 6) is 0. The van der Waals surface area contributed by atoms with Crippen LogP contribution in [0.1, 0.15) is 33.6 Å². The molecule has 1 saturated heterocycles. The van der Waals surface area contributed by atoms with Crippen LogP contribution >= 0.6 is 0 Å². The molecule has 0 aromatic carbocycles. The van der Waals surface area contributed by atoms with Gasteiger partial charge in [0.25, 0.3) is 0 Å². The van der Waals surface area contributed by atoms with Crippen LogP contribution in [0.15, 0.2) is 0 Å². The van der Waals surface area contributed by atoms with Gasteiger partial charge in [0, 0.05) is 6.42 Å². The van der Waals surface area contributed by atoms with E-state index in [2.05, 4.69) is 0 Å². The Morgan fingerprint density at radius 3 is 2.50 bits per heavy atom. The van der Waals surface area contributed by atoms with Crippen molar-refractivity contribution in [3.8, 4) is 0 Å². The molecule has 72 valence electrons. The summed E-state index contributed by atoms with van der Waals surface area (Å²) < 4.78 is 11.0. The molecule has 0 radical (unpaired) electrons. The lowest BCUT2D eigenvalue weighted by Crippen LogP contribution is -2.28. The van der Waals surface area contributed by atoms with Crippen molar-refractivity contribution in [3.05, 3.63) is 0 Å². The molecule has 1 fully saturated rings. The van der Waals surface area contributed by atoms with E-state index in [9.17, 15) is 0 Å². The van der Waals surface area contributed by atoms with E-state index in [1.807, 2.05) is 20.8 Å². The summed E-state index contributed by atoms with van der Waals surface area (Å²) in [6, 6.07) is 0. The molecular weight excluding hydrogens is 156 g/mol. The lowest BCUT2D eigenvalue weighted by Gasteiger charge is -2.24. The number of aliphatic hydroxyl groups is 1. The average molecular weight is 174 g/mol. The van der Waals surface area contributed by atoms with Crippen molar-refractivity contribution in [1.29, 1.82) is 0 Å². The van der Waals surface area contributed by atoms with E-state index in [1.165, 1.54) is 0 Å². The molecule has 0 aromatic heterocycles. The first-order valence-electron chi connectivity index (χ1n) is 4.45. The molecule has 0 amide bonds. The summed E-state index contributed by atoms with van der Waals surface area (Å²) in [7, 11) is 0. The van der Waals surface area contributed by atoms with Crippen molar-refractivity contribution in [1.82, 2.24) is 0 Å². The number of hydrogen-bond donors (Lipinski definition) is 1. The van der Waals surface area contributed by atoms with Crippen molar-refractivity contribution < 1.29 is 14.6 Å². The second kappa shape index (κ2) is 3.73. The minimum absolute atomic E-state index is 0.0163. The topological polar surface area (TPSA) is 38.7 Å². The highest BCUT2D eigenvalue weighted by molar-refractivity contribution is 4.70. The summed E-state index contributed by atoms with van der Waals surface area (Å²) in [4.78, 5) is 0. The van der Waals surface area contributed by atoms with E-state index < -0.39 is 0 Å². The van der Waals surface area contributed by atoms with Crippen LogP contribution in [0.25, 0.3) is 0 Å². The Kier molecular flexibility index (Phi) is 3.09. The summed E-state index contributed by atoms with van der Waals surface area (Å²) >= 11 is 0. The van der Waals surface area contributed by atoms with E-state index in [0.29, 0.717) is 0 Å². The fraction of sp³-hybridized carbons (Fsp3) is 1.00. The molecule has 1 heterocycles. The average Bonchev–Trinajstić information content (AvgIpc) is 2.32. The SMILES string of the molecule is CC(C)(C)OC1CCC(CO)O1. The molecular formula is C9H18O3. The van der Waals surface area contributed by atoms with E-state index in [4.69, 9.17) is 14.6 Å². The lowest BCUT2D eigenvalue weighted by atomic mass is 10.2. The van der Waals surface area contributed by atoms with Gasteiger partial charge in [-0.1, -0.05) is 0 Å². The Bertz CT molecular complexity index is 139. The van der Waals surface area contributed by atoms with Crippen molar-refractivity contribution in [3.63, 3.8) is 0 Å². The van der Waals surface area contributed by atoms with E-state index in [1.54, 1.807) is 0 Å². The summed E-state index contributed by atoms with van der Waals surface area (Å²) in [5.41, 5.74) is -0.158. The monoisotopic (exact) mass is 174 g/mol. The Morgan fingerprint density at radius 2 is 2.08 bits per heavy atom. The number of ether oxygens (including phenoxy) is 2. The molecule has 1 rings (SSSR count). The Morgan fingerprint density at radius 1 is 1.42 bits per heavy atom. The van der Waals surface area contributed by atoms with Gasteiger partial charge in [-0.05, 0) is 27.2 Å². The minimum Gasteiger partial charge on any atom is -0.394 e. The van der Waals surface area contributed by atoms with E-state index >= 15 is 0 Å². The molecule has 1 aliphatic rings. The predicted octanol–water partition coefficient (Wildman–Crippen LogP) is 1.30. The van der Waals surface area contributed by atoms with Crippen LogP contribution < -0.4 is 0 Å². The smallest absolute Gasteiger partial charge is 0.158 e. The third kappa shape index (κ3) is 3.09. The number of aliphatic hydroxyl groups excluding tert-OH is 1. The maximum atomic E-state index is 8.80. The quantitative estimate of drug-likeness (QED) is 0.685. The number of rotatable bonds is 2. The molecule has 3 heteroatoms. The first-order chi connectivity index (χ1) is 5.51. The molecule has 0 aliphatic carbocycles.